The number of fused-ring (bicyclic) bond motifs is 3. The quantitative estimate of drug-likeness (QED) is 0.551. The Bertz CT molecular complexity index is 1050. The summed E-state index contributed by atoms with van der Waals surface area (Å²) in [6.45, 7) is 2.85. The number of nitrogens with one attached hydrogen (secondary N) is 3. The molecule has 10 heteroatoms. The molecule has 2 aliphatic rings. The summed E-state index contributed by atoms with van der Waals surface area (Å²) < 4.78 is 0. The van der Waals surface area contributed by atoms with E-state index in [2.05, 4.69) is 36.8 Å². The Morgan fingerprint density at radius 3 is 2.87 bits per heavy atom. The average Bonchev–Trinajstić information content (AvgIpc) is 3.35. The summed E-state index contributed by atoms with van der Waals surface area (Å²) in [4.78, 5) is 17.3. The van der Waals surface area contributed by atoms with Gasteiger partial charge in [-0.25, -0.2) is 9.97 Å². The van der Waals surface area contributed by atoms with Gasteiger partial charge in [-0.1, -0.05) is 6.42 Å². The molecule has 2 saturated heterocycles. The van der Waals surface area contributed by atoms with Crippen molar-refractivity contribution in [1.82, 2.24) is 30.0 Å². The van der Waals surface area contributed by atoms with Crippen molar-refractivity contribution in [1.29, 1.82) is 5.26 Å². The predicted octanol–water partition coefficient (Wildman–Crippen LogP) is 3.57. The molecule has 9 nitrogen and oxygen atoms in total. The van der Waals surface area contributed by atoms with Crippen molar-refractivity contribution in [3.05, 3.63) is 17.3 Å². The molecular weight excluding hydrogens is 398 g/mol. The van der Waals surface area contributed by atoms with E-state index < -0.39 is 0 Å². The predicted molar refractivity (Wildman–Crippen MR) is 117 cm³/mol. The van der Waals surface area contributed by atoms with Crippen molar-refractivity contribution in [2.45, 2.75) is 63.6 Å². The third-order valence-electron chi connectivity index (χ3n) is 6.09. The van der Waals surface area contributed by atoms with Gasteiger partial charge in [0.2, 0.25) is 5.95 Å². The number of hydrogen-bond donors (Lipinski definition) is 3. The number of piperidine rings is 2. The van der Waals surface area contributed by atoms with Crippen LogP contribution in [0.15, 0.2) is 11.6 Å². The topological polar surface area (TPSA) is 118 Å². The molecule has 3 N–H and O–H groups in total. The van der Waals surface area contributed by atoms with Crippen molar-refractivity contribution in [2.75, 3.05) is 17.2 Å². The lowest BCUT2D eigenvalue weighted by molar-refractivity contribution is 0.0369. The van der Waals surface area contributed by atoms with Crippen molar-refractivity contribution in [3.63, 3.8) is 0 Å². The molecule has 2 fully saturated rings. The fraction of sp³-hybridized carbons (Fsp3) is 0.550. The van der Waals surface area contributed by atoms with E-state index in [1.54, 1.807) is 5.51 Å². The van der Waals surface area contributed by atoms with E-state index in [0.717, 1.165) is 35.4 Å². The molecule has 3 aromatic rings. The molecule has 0 radical (unpaired) electrons. The maximum absolute atomic E-state index is 8.99. The summed E-state index contributed by atoms with van der Waals surface area (Å²) >= 11 is 1.51. The lowest BCUT2D eigenvalue weighted by atomic mass is 9.81. The van der Waals surface area contributed by atoms with Gasteiger partial charge >= 0.3 is 0 Å². The SMILES string of the molecule is Cc1cc(Nc2nc(NC3CC4CCCC(C3)N4CCC#N)nc3scnc23)n[nH]1. The van der Waals surface area contributed by atoms with Crippen molar-refractivity contribution in [2.24, 2.45) is 0 Å². The van der Waals surface area contributed by atoms with E-state index in [0.29, 0.717) is 42.1 Å². The van der Waals surface area contributed by atoms with Gasteiger partial charge in [0.1, 0.15) is 5.52 Å². The van der Waals surface area contributed by atoms with E-state index in [4.69, 9.17) is 15.2 Å². The Balaban J connectivity index is 1.35. The highest BCUT2D eigenvalue weighted by molar-refractivity contribution is 7.16. The fourth-order valence-corrected chi connectivity index (χ4v) is 5.50. The normalized spacial score (nSPS) is 23.9. The van der Waals surface area contributed by atoms with Crippen LogP contribution >= 0.6 is 11.3 Å². The first kappa shape index (κ1) is 19.2. The van der Waals surface area contributed by atoms with Gasteiger partial charge in [0.25, 0.3) is 0 Å². The molecule has 0 amide bonds. The van der Waals surface area contributed by atoms with E-state index in [9.17, 15) is 0 Å². The second-order valence-corrected chi connectivity index (χ2v) is 8.99. The summed E-state index contributed by atoms with van der Waals surface area (Å²) in [6.07, 6.45) is 6.44. The molecule has 2 atom stereocenters. The molecular formula is C20H25N9S. The minimum Gasteiger partial charge on any atom is -0.351 e. The van der Waals surface area contributed by atoms with Crippen LogP contribution < -0.4 is 10.6 Å². The van der Waals surface area contributed by atoms with Crippen molar-refractivity contribution >= 4 is 39.3 Å². The van der Waals surface area contributed by atoms with Crippen LogP contribution in [-0.2, 0) is 0 Å². The molecule has 30 heavy (non-hydrogen) atoms. The summed E-state index contributed by atoms with van der Waals surface area (Å²) in [5, 5.41) is 23.0. The Labute approximate surface area is 178 Å². The third-order valence-corrected chi connectivity index (χ3v) is 6.81. The first-order valence-corrected chi connectivity index (χ1v) is 11.4. The lowest BCUT2D eigenvalue weighted by Crippen LogP contribution is -2.55. The van der Waals surface area contributed by atoms with Gasteiger partial charge in [-0.15, -0.1) is 11.3 Å². The van der Waals surface area contributed by atoms with Crippen LogP contribution in [0.2, 0.25) is 0 Å². The molecule has 0 spiro atoms. The Hall–Kier alpha value is -2.77. The number of nitriles is 1. The van der Waals surface area contributed by atoms with Gasteiger partial charge in [0, 0.05) is 42.9 Å². The number of anilines is 3. The highest BCUT2D eigenvalue weighted by atomic mass is 32.1. The Kier molecular flexibility index (Phi) is 5.23. The summed E-state index contributed by atoms with van der Waals surface area (Å²) in [5.41, 5.74) is 3.53. The molecule has 5 heterocycles. The van der Waals surface area contributed by atoms with Crippen molar-refractivity contribution in [3.8, 4) is 6.07 Å². The van der Waals surface area contributed by atoms with Gasteiger partial charge in [0.15, 0.2) is 16.5 Å². The average molecular weight is 424 g/mol. The lowest BCUT2D eigenvalue weighted by Gasteiger charge is -2.48. The number of hydrogen-bond acceptors (Lipinski definition) is 9. The highest BCUT2D eigenvalue weighted by Gasteiger charge is 2.38. The summed E-state index contributed by atoms with van der Waals surface area (Å²) in [5.74, 6) is 2.02. The number of H-pyrrole nitrogens is 1. The number of aromatic nitrogens is 5. The van der Waals surface area contributed by atoms with Crippen LogP contribution in [0.1, 0.15) is 44.2 Å². The molecule has 5 rings (SSSR count). The van der Waals surface area contributed by atoms with Crippen LogP contribution in [0.4, 0.5) is 17.6 Å². The highest BCUT2D eigenvalue weighted by Crippen LogP contribution is 2.35. The molecule has 2 bridgehead atoms. The molecule has 156 valence electrons. The summed E-state index contributed by atoms with van der Waals surface area (Å²) in [7, 11) is 0. The first-order chi connectivity index (χ1) is 14.7. The maximum atomic E-state index is 8.99. The largest absolute Gasteiger partial charge is 0.351 e. The van der Waals surface area contributed by atoms with E-state index in [1.807, 2.05) is 13.0 Å². The zero-order valence-electron chi connectivity index (χ0n) is 16.9. The molecule has 0 saturated carbocycles. The van der Waals surface area contributed by atoms with E-state index in [1.165, 1.54) is 30.6 Å². The minimum absolute atomic E-state index is 0.337. The number of rotatable bonds is 6. The molecule has 3 aromatic heterocycles. The van der Waals surface area contributed by atoms with Crippen LogP contribution in [0.5, 0.6) is 0 Å². The Morgan fingerprint density at radius 2 is 2.13 bits per heavy atom. The fourth-order valence-electron chi connectivity index (χ4n) is 4.84. The second kappa shape index (κ2) is 8.16. The maximum Gasteiger partial charge on any atom is 0.226 e. The van der Waals surface area contributed by atoms with E-state index >= 15 is 0 Å². The van der Waals surface area contributed by atoms with E-state index in [-0.39, 0.29) is 0 Å². The number of thiazole rings is 1. The monoisotopic (exact) mass is 423 g/mol. The summed E-state index contributed by atoms with van der Waals surface area (Å²) in [6, 6.07) is 5.66. The first-order valence-electron chi connectivity index (χ1n) is 10.5. The molecule has 0 aliphatic carbocycles. The second-order valence-electron chi connectivity index (χ2n) is 8.16. The van der Waals surface area contributed by atoms with Crippen molar-refractivity contribution < 1.29 is 0 Å². The van der Waals surface area contributed by atoms with Gasteiger partial charge in [-0.3, -0.25) is 10.00 Å². The number of aromatic amines is 1. The minimum atomic E-state index is 0.337. The zero-order chi connectivity index (χ0) is 20.5. The third kappa shape index (κ3) is 3.82. The standard InChI is InChI=1S/C20H25N9S/c1-12-8-16(28-27-12)24-18-17-19(30-11-22-17)26-20(25-18)23-13-9-14-4-2-5-15(10-13)29(14)7-3-6-21/h8,11,13-15H,2-5,7,9-10H2,1H3,(H3,23,24,25,26,27,28). The molecule has 2 unspecified atom stereocenters. The van der Waals surface area contributed by atoms with Gasteiger partial charge < -0.3 is 10.6 Å². The van der Waals surface area contributed by atoms with Gasteiger partial charge in [0.05, 0.1) is 11.6 Å². The molecule has 0 aromatic carbocycles. The van der Waals surface area contributed by atoms with Crippen LogP contribution in [0.3, 0.4) is 0 Å². The number of nitrogens with zero attached hydrogens (tertiary/aromatic N) is 6. The molecule has 2 aliphatic heterocycles. The van der Waals surface area contributed by atoms with Crippen LogP contribution in [-0.4, -0.2) is 54.7 Å². The van der Waals surface area contributed by atoms with Crippen LogP contribution in [0.25, 0.3) is 10.3 Å². The number of aryl methyl sites for hydroxylation is 1. The zero-order valence-corrected chi connectivity index (χ0v) is 17.7. The van der Waals surface area contributed by atoms with Crippen LogP contribution in [0, 0.1) is 18.3 Å². The Morgan fingerprint density at radius 1 is 1.30 bits per heavy atom. The van der Waals surface area contributed by atoms with Gasteiger partial charge in [-0.05, 0) is 32.6 Å². The van der Waals surface area contributed by atoms with Gasteiger partial charge in [-0.2, -0.15) is 15.3 Å². The smallest absolute Gasteiger partial charge is 0.226 e.